The van der Waals surface area contributed by atoms with Crippen LogP contribution in [0.4, 0.5) is 0 Å². The first-order chi connectivity index (χ1) is 9.65. The van der Waals surface area contributed by atoms with Crippen LogP contribution in [-0.4, -0.2) is 16.0 Å². The van der Waals surface area contributed by atoms with Gasteiger partial charge in [-0.3, -0.25) is 4.79 Å². The minimum absolute atomic E-state index is 0.0305. The fourth-order valence-corrected chi connectivity index (χ4v) is 2.24. The van der Waals surface area contributed by atoms with Gasteiger partial charge in [0.25, 0.3) is 0 Å². The van der Waals surface area contributed by atoms with E-state index in [0.717, 1.165) is 24.2 Å². The van der Waals surface area contributed by atoms with Crippen molar-refractivity contribution in [3.05, 3.63) is 58.4 Å². The third-order valence-electron chi connectivity index (χ3n) is 3.33. The van der Waals surface area contributed by atoms with Crippen LogP contribution in [0.2, 0.25) is 0 Å². The van der Waals surface area contributed by atoms with Crippen molar-refractivity contribution in [2.75, 3.05) is 0 Å². The average Bonchev–Trinajstić information content (AvgIpc) is 2.47. The summed E-state index contributed by atoms with van der Waals surface area (Å²) in [5.41, 5.74) is 4.19. The van der Waals surface area contributed by atoms with Crippen LogP contribution in [0.3, 0.4) is 0 Å². The number of hydrogen-bond acceptors (Lipinski definition) is 3. The molecule has 3 heteroatoms. The van der Waals surface area contributed by atoms with E-state index >= 15 is 0 Å². The molecule has 0 aliphatic carbocycles. The van der Waals surface area contributed by atoms with Crippen LogP contribution in [-0.2, 0) is 12.8 Å². The van der Waals surface area contributed by atoms with Crippen molar-refractivity contribution in [1.82, 2.24) is 10.2 Å². The van der Waals surface area contributed by atoms with Gasteiger partial charge in [-0.05, 0) is 31.4 Å². The molecule has 0 aliphatic heterocycles. The lowest BCUT2D eigenvalue weighted by atomic mass is 9.99. The van der Waals surface area contributed by atoms with Crippen molar-refractivity contribution in [3.8, 4) is 0 Å². The molecule has 0 aliphatic rings. The smallest absolute Gasteiger partial charge is 0.194 e. The Hall–Kier alpha value is -2.03. The number of carbonyl (C=O) groups is 1. The van der Waals surface area contributed by atoms with Gasteiger partial charge in [-0.25, -0.2) is 0 Å². The van der Waals surface area contributed by atoms with Gasteiger partial charge in [-0.15, -0.1) is 0 Å². The first kappa shape index (κ1) is 14.4. The van der Waals surface area contributed by atoms with E-state index in [1.165, 1.54) is 5.56 Å². The Kier molecular flexibility index (Phi) is 4.61. The molecule has 2 aromatic rings. The van der Waals surface area contributed by atoms with Crippen LogP contribution in [0.5, 0.6) is 0 Å². The van der Waals surface area contributed by atoms with Gasteiger partial charge in [0, 0.05) is 11.1 Å². The highest BCUT2D eigenvalue weighted by atomic mass is 16.1. The molecule has 0 amide bonds. The molecule has 0 bridgehead atoms. The standard InChI is InChI=1S/C17H20N2O/c1-4-6-13-7-9-14(10-8-13)17(20)15-11-12(3)18-19-16(15)5-2/h7-11H,4-6H2,1-3H3. The lowest BCUT2D eigenvalue weighted by molar-refractivity contribution is 0.103. The third kappa shape index (κ3) is 3.10. The first-order valence-electron chi connectivity index (χ1n) is 7.12. The maximum absolute atomic E-state index is 12.6. The summed E-state index contributed by atoms with van der Waals surface area (Å²) in [6.45, 7) is 5.99. The lowest BCUT2D eigenvalue weighted by Gasteiger charge is -2.07. The van der Waals surface area contributed by atoms with E-state index in [4.69, 9.17) is 0 Å². The molecule has 0 atom stereocenters. The molecular weight excluding hydrogens is 248 g/mol. The van der Waals surface area contributed by atoms with Crippen LogP contribution in [0.15, 0.2) is 30.3 Å². The van der Waals surface area contributed by atoms with Gasteiger partial charge in [0.2, 0.25) is 0 Å². The molecule has 0 N–H and O–H groups in total. The summed E-state index contributed by atoms with van der Waals surface area (Å²) in [7, 11) is 0. The van der Waals surface area contributed by atoms with Gasteiger partial charge in [0.1, 0.15) is 0 Å². The van der Waals surface area contributed by atoms with Crippen molar-refractivity contribution in [2.24, 2.45) is 0 Å². The number of aryl methyl sites for hydroxylation is 3. The van der Waals surface area contributed by atoms with Crippen molar-refractivity contribution >= 4 is 5.78 Å². The zero-order valence-corrected chi connectivity index (χ0v) is 12.3. The Labute approximate surface area is 120 Å². The molecule has 1 aromatic carbocycles. The Morgan fingerprint density at radius 3 is 2.40 bits per heavy atom. The minimum atomic E-state index is 0.0305. The highest BCUT2D eigenvalue weighted by molar-refractivity contribution is 6.09. The quantitative estimate of drug-likeness (QED) is 0.779. The van der Waals surface area contributed by atoms with Gasteiger partial charge >= 0.3 is 0 Å². The SMILES string of the molecule is CCCc1ccc(C(=O)c2cc(C)nnc2CC)cc1. The molecule has 1 heterocycles. The molecule has 0 saturated heterocycles. The highest BCUT2D eigenvalue weighted by Gasteiger charge is 2.14. The van der Waals surface area contributed by atoms with Gasteiger partial charge < -0.3 is 0 Å². The Morgan fingerprint density at radius 1 is 1.10 bits per heavy atom. The monoisotopic (exact) mass is 268 g/mol. The number of hydrogen-bond donors (Lipinski definition) is 0. The second kappa shape index (κ2) is 6.42. The molecule has 0 saturated carbocycles. The van der Waals surface area contributed by atoms with E-state index in [2.05, 4.69) is 17.1 Å². The van der Waals surface area contributed by atoms with E-state index in [0.29, 0.717) is 17.5 Å². The summed E-state index contributed by atoms with van der Waals surface area (Å²) >= 11 is 0. The minimum Gasteiger partial charge on any atom is -0.289 e. The maximum Gasteiger partial charge on any atom is 0.194 e. The third-order valence-corrected chi connectivity index (χ3v) is 3.33. The topological polar surface area (TPSA) is 42.9 Å². The number of ketones is 1. The van der Waals surface area contributed by atoms with Gasteiger partial charge in [0.15, 0.2) is 5.78 Å². The Balaban J connectivity index is 2.33. The normalized spacial score (nSPS) is 10.6. The summed E-state index contributed by atoms with van der Waals surface area (Å²) in [5.74, 6) is 0.0305. The molecule has 104 valence electrons. The second-order valence-electron chi connectivity index (χ2n) is 4.98. The number of benzene rings is 1. The average molecular weight is 268 g/mol. The van der Waals surface area contributed by atoms with Crippen LogP contribution in [0.1, 0.15) is 53.1 Å². The predicted octanol–water partition coefficient (Wildman–Crippen LogP) is 3.53. The van der Waals surface area contributed by atoms with Gasteiger partial charge in [-0.1, -0.05) is 44.5 Å². The molecule has 20 heavy (non-hydrogen) atoms. The van der Waals surface area contributed by atoms with Gasteiger partial charge in [0.05, 0.1) is 11.4 Å². The number of rotatable bonds is 5. The van der Waals surface area contributed by atoms with Crippen LogP contribution in [0, 0.1) is 6.92 Å². The van der Waals surface area contributed by atoms with E-state index in [1.807, 2.05) is 44.2 Å². The molecular formula is C17H20N2O. The summed E-state index contributed by atoms with van der Waals surface area (Å²) in [5, 5.41) is 8.14. The van der Waals surface area contributed by atoms with Crippen LogP contribution < -0.4 is 0 Å². The molecule has 0 unspecified atom stereocenters. The highest BCUT2D eigenvalue weighted by Crippen LogP contribution is 2.15. The summed E-state index contributed by atoms with van der Waals surface area (Å²) in [6.07, 6.45) is 2.87. The van der Waals surface area contributed by atoms with Gasteiger partial charge in [-0.2, -0.15) is 10.2 Å². The maximum atomic E-state index is 12.6. The molecule has 3 nitrogen and oxygen atoms in total. The first-order valence-corrected chi connectivity index (χ1v) is 7.12. The molecule has 0 fully saturated rings. The summed E-state index contributed by atoms with van der Waals surface area (Å²) < 4.78 is 0. The van der Waals surface area contributed by atoms with Crippen molar-refractivity contribution in [1.29, 1.82) is 0 Å². The largest absolute Gasteiger partial charge is 0.289 e. The number of aromatic nitrogens is 2. The van der Waals surface area contributed by atoms with E-state index in [1.54, 1.807) is 0 Å². The van der Waals surface area contributed by atoms with Crippen molar-refractivity contribution < 1.29 is 4.79 Å². The molecule has 0 radical (unpaired) electrons. The van der Waals surface area contributed by atoms with Crippen LogP contribution in [0.25, 0.3) is 0 Å². The Morgan fingerprint density at radius 2 is 1.80 bits per heavy atom. The second-order valence-corrected chi connectivity index (χ2v) is 4.98. The number of carbonyl (C=O) groups excluding carboxylic acids is 1. The fourth-order valence-electron chi connectivity index (χ4n) is 2.24. The summed E-state index contributed by atoms with van der Waals surface area (Å²) in [4.78, 5) is 12.6. The molecule has 1 aromatic heterocycles. The fraction of sp³-hybridized carbons (Fsp3) is 0.353. The number of nitrogens with zero attached hydrogens (tertiary/aromatic N) is 2. The van der Waals surface area contributed by atoms with E-state index < -0.39 is 0 Å². The van der Waals surface area contributed by atoms with Crippen LogP contribution >= 0.6 is 0 Å². The van der Waals surface area contributed by atoms with E-state index in [-0.39, 0.29) is 5.78 Å². The van der Waals surface area contributed by atoms with E-state index in [9.17, 15) is 4.79 Å². The molecule has 0 spiro atoms. The lowest BCUT2D eigenvalue weighted by Crippen LogP contribution is -2.09. The molecule has 2 rings (SSSR count). The zero-order valence-electron chi connectivity index (χ0n) is 12.3. The predicted molar refractivity (Wildman–Crippen MR) is 80.0 cm³/mol. The van der Waals surface area contributed by atoms with Crippen molar-refractivity contribution in [2.45, 2.75) is 40.0 Å². The van der Waals surface area contributed by atoms with Crippen molar-refractivity contribution in [3.63, 3.8) is 0 Å². The Bertz CT molecular complexity index is 603. The zero-order chi connectivity index (χ0) is 14.5. The summed E-state index contributed by atoms with van der Waals surface area (Å²) in [6, 6.07) is 9.70.